The zero-order chi connectivity index (χ0) is 20.1. The van der Waals surface area contributed by atoms with Gasteiger partial charge in [0.05, 0.1) is 17.0 Å². The van der Waals surface area contributed by atoms with Crippen molar-refractivity contribution in [1.29, 1.82) is 0 Å². The quantitative estimate of drug-likeness (QED) is 0.598. The molecule has 3 rings (SSSR count). The molecule has 0 unspecified atom stereocenters. The van der Waals surface area contributed by atoms with Crippen LogP contribution in [0.25, 0.3) is 10.9 Å². The first-order valence-electron chi connectivity index (χ1n) is 9.05. The molecular formula is C20H22N4O3S. The van der Waals surface area contributed by atoms with Gasteiger partial charge in [-0.3, -0.25) is 14.2 Å². The average molecular weight is 398 g/mol. The standard InChI is InChI=1S/C20H22N4O3S/c1-13(2)27-18-14(6-5-10-21-18)12-22-17(25)9-11-24-19(26)15-7-3-4-8-16(15)23-20(24)28/h3-8,10,13H,9,11-12H2,1-2H3,(H,22,25)(H,23,28). The number of hydrogen-bond acceptors (Lipinski definition) is 5. The molecule has 0 saturated carbocycles. The Bertz CT molecular complexity index is 1100. The highest BCUT2D eigenvalue weighted by molar-refractivity contribution is 7.71. The smallest absolute Gasteiger partial charge is 0.262 e. The van der Waals surface area contributed by atoms with Crippen LogP contribution in [0.15, 0.2) is 47.4 Å². The molecule has 0 aliphatic rings. The van der Waals surface area contributed by atoms with Crippen molar-refractivity contribution in [1.82, 2.24) is 19.9 Å². The van der Waals surface area contributed by atoms with E-state index in [0.717, 1.165) is 5.56 Å². The molecule has 0 spiro atoms. The highest BCUT2D eigenvalue weighted by Gasteiger charge is 2.10. The summed E-state index contributed by atoms with van der Waals surface area (Å²) in [6.45, 7) is 4.34. The van der Waals surface area contributed by atoms with Crippen LogP contribution in [-0.2, 0) is 17.9 Å². The van der Waals surface area contributed by atoms with Gasteiger partial charge in [-0.25, -0.2) is 4.98 Å². The van der Waals surface area contributed by atoms with Crippen molar-refractivity contribution in [2.24, 2.45) is 0 Å². The summed E-state index contributed by atoms with van der Waals surface area (Å²) in [5, 5.41) is 3.38. The number of ether oxygens (including phenoxy) is 1. The third-order valence-electron chi connectivity index (χ3n) is 4.13. The van der Waals surface area contributed by atoms with Crippen molar-refractivity contribution < 1.29 is 9.53 Å². The maximum Gasteiger partial charge on any atom is 0.262 e. The third kappa shape index (κ3) is 4.64. The van der Waals surface area contributed by atoms with Gasteiger partial charge in [-0.1, -0.05) is 18.2 Å². The van der Waals surface area contributed by atoms with E-state index in [4.69, 9.17) is 17.0 Å². The second kappa shape index (κ2) is 8.79. The van der Waals surface area contributed by atoms with E-state index in [1.165, 1.54) is 4.57 Å². The Morgan fingerprint density at radius 2 is 2.07 bits per heavy atom. The molecular weight excluding hydrogens is 376 g/mol. The summed E-state index contributed by atoms with van der Waals surface area (Å²) in [7, 11) is 0. The summed E-state index contributed by atoms with van der Waals surface area (Å²) < 4.78 is 7.37. The van der Waals surface area contributed by atoms with Crippen LogP contribution >= 0.6 is 12.2 Å². The van der Waals surface area contributed by atoms with Gasteiger partial charge in [0.15, 0.2) is 4.77 Å². The Balaban J connectivity index is 1.65. The number of para-hydroxylation sites is 1. The van der Waals surface area contributed by atoms with E-state index in [2.05, 4.69) is 15.3 Å². The summed E-state index contributed by atoms with van der Waals surface area (Å²) >= 11 is 5.27. The van der Waals surface area contributed by atoms with Crippen LogP contribution in [-0.4, -0.2) is 26.5 Å². The lowest BCUT2D eigenvalue weighted by molar-refractivity contribution is -0.121. The van der Waals surface area contributed by atoms with E-state index in [1.54, 1.807) is 30.5 Å². The molecule has 0 aliphatic carbocycles. The Morgan fingerprint density at radius 1 is 1.29 bits per heavy atom. The van der Waals surface area contributed by atoms with E-state index in [-0.39, 0.29) is 30.5 Å². The van der Waals surface area contributed by atoms with Gasteiger partial charge >= 0.3 is 0 Å². The van der Waals surface area contributed by atoms with Crippen LogP contribution in [0.4, 0.5) is 0 Å². The van der Waals surface area contributed by atoms with Crippen LogP contribution in [0.5, 0.6) is 5.88 Å². The fourth-order valence-corrected chi connectivity index (χ4v) is 3.07. The monoisotopic (exact) mass is 398 g/mol. The molecule has 2 N–H and O–H groups in total. The zero-order valence-electron chi connectivity index (χ0n) is 15.8. The fraction of sp³-hybridized carbons (Fsp3) is 0.300. The number of nitrogens with one attached hydrogen (secondary N) is 2. The van der Waals surface area contributed by atoms with Crippen LogP contribution in [0.1, 0.15) is 25.8 Å². The first-order valence-corrected chi connectivity index (χ1v) is 9.45. The molecule has 0 aliphatic heterocycles. The van der Waals surface area contributed by atoms with Crippen molar-refractivity contribution in [2.75, 3.05) is 0 Å². The first-order chi connectivity index (χ1) is 13.5. The molecule has 28 heavy (non-hydrogen) atoms. The van der Waals surface area contributed by atoms with Gasteiger partial charge in [0, 0.05) is 31.3 Å². The third-order valence-corrected chi connectivity index (χ3v) is 4.45. The van der Waals surface area contributed by atoms with Gasteiger partial charge in [0.2, 0.25) is 11.8 Å². The second-order valence-corrected chi connectivity index (χ2v) is 6.98. The van der Waals surface area contributed by atoms with E-state index >= 15 is 0 Å². The molecule has 146 valence electrons. The minimum absolute atomic E-state index is 0.00847. The molecule has 0 saturated heterocycles. The molecule has 0 bridgehead atoms. The van der Waals surface area contributed by atoms with Gasteiger partial charge in [0.1, 0.15) is 0 Å². The molecule has 2 aromatic heterocycles. The number of fused-ring (bicyclic) bond motifs is 1. The van der Waals surface area contributed by atoms with Crippen LogP contribution in [0.2, 0.25) is 0 Å². The minimum Gasteiger partial charge on any atom is -0.475 e. The highest BCUT2D eigenvalue weighted by atomic mass is 32.1. The Hall–Kier alpha value is -3.00. The van der Waals surface area contributed by atoms with Gasteiger partial charge in [-0.05, 0) is 44.3 Å². The second-order valence-electron chi connectivity index (χ2n) is 6.59. The summed E-state index contributed by atoms with van der Waals surface area (Å²) in [5.74, 6) is 0.319. The molecule has 2 heterocycles. The summed E-state index contributed by atoms with van der Waals surface area (Å²) in [5.41, 5.74) is 1.28. The minimum atomic E-state index is -0.202. The Morgan fingerprint density at radius 3 is 2.86 bits per heavy atom. The highest BCUT2D eigenvalue weighted by Crippen LogP contribution is 2.15. The molecule has 8 heteroatoms. The van der Waals surface area contributed by atoms with Crippen LogP contribution in [0.3, 0.4) is 0 Å². The number of carbonyl (C=O) groups excluding carboxylic acids is 1. The average Bonchev–Trinajstić information content (AvgIpc) is 2.66. The zero-order valence-corrected chi connectivity index (χ0v) is 16.6. The van der Waals surface area contributed by atoms with Crippen molar-refractivity contribution in [2.45, 2.75) is 39.5 Å². The van der Waals surface area contributed by atoms with Crippen molar-refractivity contribution >= 4 is 29.0 Å². The fourth-order valence-electron chi connectivity index (χ4n) is 2.79. The van der Waals surface area contributed by atoms with E-state index in [1.807, 2.05) is 26.0 Å². The summed E-state index contributed by atoms with van der Waals surface area (Å²) in [6.07, 6.45) is 1.78. The van der Waals surface area contributed by atoms with Gasteiger partial charge in [-0.15, -0.1) is 0 Å². The van der Waals surface area contributed by atoms with Crippen molar-refractivity contribution in [3.8, 4) is 5.88 Å². The number of H-pyrrole nitrogens is 1. The van der Waals surface area contributed by atoms with Crippen molar-refractivity contribution in [3.63, 3.8) is 0 Å². The lowest BCUT2D eigenvalue weighted by atomic mass is 10.2. The predicted octanol–water partition coefficient (Wildman–Crippen LogP) is 2.95. The number of rotatable bonds is 7. The van der Waals surface area contributed by atoms with Crippen molar-refractivity contribution in [3.05, 3.63) is 63.3 Å². The van der Waals surface area contributed by atoms with Gasteiger partial charge in [0.25, 0.3) is 5.56 Å². The topological polar surface area (TPSA) is 89.0 Å². The number of aromatic nitrogens is 3. The summed E-state index contributed by atoms with van der Waals surface area (Å²) in [4.78, 5) is 32.1. The maximum absolute atomic E-state index is 12.6. The lowest BCUT2D eigenvalue weighted by Gasteiger charge is -2.13. The van der Waals surface area contributed by atoms with Gasteiger partial charge in [-0.2, -0.15) is 0 Å². The number of pyridine rings is 1. The van der Waals surface area contributed by atoms with Crippen LogP contribution in [0, 0.1) is 4.77 Å². The molecule has 1 amide bonds. The number of benzene rings is 1. The largest absolute Gasteiger partial charge is 0.475 e. The normalized spacial score (nSPS) is 11.0. The maximum atomic E-state index is 12.6. The Labute approximate surface area is 167 Å². The molecule has 1 aromatic carbocycles. The molecule has 3 aromatic rings. The number of carbonyl (C=O) groups is 1. The predicted molar refractivity (Wildman–Crippen MR) is 110 cm³/mol. The van der Waals surface area contributed by atoms with Crippen LogP contribution < -0.4 is 15.6 Å². The number of nitrogens with zero attached hydrogens (tertiary/aromatic N) is 2. The number of aromatic amines is 1. The van der Waals surface area contributed by atoms with E-state index < -0.39 is 0 Å². The molecule has 0 fully saturated rings. The molecule has 7 nitrogen and oxygen atoms in total. The molecule has 0 radical (unpaired) electrons. The lowest BCUT2D eigenvalue weighted by Crippen LogP contribution is -2.28. The van der Waals surface area contributed by atoms with E-state index in [0.29, 0.717) is 28.1 Å². The summed E-state index contributed by atoms with van der Waals surface area (Å²) in [6, 6.07) is 10.8. The number of hydrogen-bond donors (Lipinski definition) is 2. The first kappa shape index (κ1) is 19.8. The Kier molecular flexibility index (Phi) is 6.20. The van der Waals surface area contributed by atoms with E-state index in [9.17, 15) is 9.59 Å². The molecule has 0 atom stereocenters. The SMILES string of the molecule is CC(C)Oc1ncccc1CNC(=O)CCn1c(=S)[nH]c2ccccc2c1=O. The number of amides is 1. The van der Waals surface area contributed by atoms with Gasteiger partial charge < -0.3 is 15.0 Å².